The molecule has 0 unspecified atom stereocenters. The maximum Gasteiger partial charge on any atom is 0.288 e. The molecule has 10 nitrogen and oxygen atoms in total. The Kier molecular flexibility index (Phi) is 4.24. The summed E-state index contributed by atoms with van der Waals surface area (Å²) in [7, 11) is 1.47. The van der Waals surface area contributed by atoms with Gasteiger partial charge in [0.15, 0.2) is 11.5 Å². The van der Waals surface area contributed by atoms with Gasteiger partial charge in [-0.1, -0.05) is 39.2 Å². The average Bonchev–Trinajstić information content (AvgIpc) is 3.22. The number of phenolic OH excluding ortho intramolecular Hbond substituents is 1. The number of phenols is 1. The summed E-state index contributed by atoms with van der Waals surface area (Å²) in [5, 5.41) is 31.7. The normalized spacial score (nSPS) is 14.5. The molecule has 2 aromatic carbocycles. The highest BCUT2D eigenvalue weighted by atomic mass is 79.9. The Morgan fingerprint density at radius 3 is 2.77 bits per heavy atom. The van der Waals surface area contributed by atoms with Crippen molar-refractivity contribution >= 4 is 27.6 Å². The number of aromatic nitrogens is 6. The molecule has 1 aliphatic heterocycles. The lowest BCUT2D eigenvalue weighted by atomic mass is 9.92. The number of nitrogens with zero attached hydrogens (tertiary/aromatic N) is 5. The molecular weight excluding hydrogens is 454 g/mol. The molecule has 30 heavy (non-hydrogen) atoms. The Bertz CT molecular complexity index is 1320. The van der Waals surface area contributed by atoms with Crippen LogP contribution >= 0.6 is 15.9 Å². The highest BCUT2D eigenvalue weighted by Crippen LogP contribution is 2.42. The second-order valence-corrected chi connectivity index (χ2v) is 7.52. The number of anilines is 2. The molecule has 2 aromatic heterocycles. The third kappa shape index (κ3) is 2.82. The largest absolute Gasteiger partial charge is 0.504 e. The van der Waals surface area contributed by atoms with Crippen molar-refractivity contribution in [3.8, 4) is 22.8 Å². The average molecular weight is 468 g/mol. The van der Waals surface area contributed by atoms with Crippen LogP contribution in [0.1, 0.15) is 17.2 Å². The van der Waals surface area contributed by atoms with Gasteiger partial charge in [0.2, 0.25) is 5.95 Å². The molecule has 4 aromatic rings. The molecule has 0 amide bonds. The number of H-pyrrole nitrogens is 1. The van der Waals surface area contributed by atoms with E-state index in [4.69, 9.17) is 4.74 Å². The van der Waals surface area contributed by atoms with Crippen molar-refractivity contribution in [1.82, 2.24) is 30.4 Å². The first kappa shape index (κ1) is 18.3. The lowest BCUT2D eigenvalue weighted by molar-refractivity contribution is 0.372. The molecule has 150 valence electrons. The molecule has 0 aliphatic carbocycles. The fourth-order valence-electron chi connectivity index (χ4n) is 3.54. The predicted molar refractivity (Wildman–Crippen MR) is 111 cm³/mol. The van der Waals surface area contributed by atoms with E-state index < -0.39 is 11.6 Å². The molecule has 0 saturated heterocycles. The Morgan fingerprint density at radius 2 is 2.00 bits per heavy atom. The van der Waals surface area contributed by atoms with Crippen LogP contribution in [-0.4, -0.2) is 42.6 Å². The zero-order valence-corrected chi connectivity index (χ0v) is 17.1. The fourth-order valence-corrected chi connectivity index (χ4v) is 3.80. The summed E-state index contributed by atoms with van der Waals surface area (Å²) in [5.41, 5.74) is 2.61. The van der Waals surface area contributed by atoms with Gasteiger partial charge in [-0.25, -0.2) is 5.10 Å². The summed E-state index contributed by atoms with van der Waals surface area (Å²) < 4.78 is 7.76. The number of methoxy groups -OCH3 is 1. The summed E-state index contributed by atoms with van der Waals surface area (Å²) >= 11 is 3.43. The number of aromatic hydroxyl groups is 1. The van der Waals surface area contributed by atoms with Gasteiger partial charge in [-0.15, -0.1) is 0 Å². The molecule has 0 bridgehead atoms. The lowest BCUT2D eigenvalue weighted by Gasteiger charge is -2.28. The number of benzene rings is 2. The number of tetrazole rings is 1. The van der Waals surface area contributed by atoms with Crippen molar-refractivity contribution in [1.29, 1.82) is 0 Å². The fraction of sp³-hybridized carbons (Fsp3) is 0.105. The third-order valence-corrected chi connectivity index (χ3v) is 5.43. The first-order chi connectivity index (χ1) is 14.6. The number of ether oxygens (including phenoxy) is 1. The maximum atomic E-state index is 12.7. The third-order valence-electron chi connectivity index (χ3n) is 4.91. The van der Waals surface area contributed by atoms with Crippen molar-refractivity contribution in [2.24, 2.45) is 0 Å². The summed E-state index contributed by atoms with van der Waals surface area (Å²) in [6.45, 7) is 0. The van der Waals surface area contributed by atoms with Crippen LogP contribution in [0.25, 0.3) is 11.3 Å². The van der Waals surface area contributed by atoms with Crippen molar-refractivity contribution in [2.45, 2.75) is 6.04 Å². The number of rotatable bonds is 3. The molecule has 5 rings (SSSR count). The minimum absolute atomic E-state index is 0.00418. The van der Waals surface area contributed by atoms with E-state index >= 15 is 0 Å². The second-order valence-electron chi connectivity index (χ2n) is 6.60. The number of hydrogen-bond acceptors (Lipinski definition) is 8. The summed E-state index contributed by atoms with van der Waals surface area (Å²) in [5.74, 6) is 0.618. The summed E-state index contributed by atoms with van der Waals surface area (Å²) in [4.78, 5) is 12.7. The van der Waals surface area contributed by atoms with E-state index in [1.807, 2.05) is 24.3 Å². The van der Waals surface area contributed by atoms with Crippen molar-refractivity contribution in [3.05, 3.63) is 68.4 Å². The van der Waals surface area contributed by atoms with Crippen LogP contribution in [0, 0.1) is 0 Å². The molecule has 1 aliphatic rings. The van der Waals surface area contributed by atoms with Gasteiger partial charge < -0.3 is 15.2 Å². The van der Waals surface area contributed by atoms with Gasteiger partial charge in [-0.05, 0) is 40.3 Å². The van der Waals surface area contributed by atoms with Gasteiger partial charge >= 0.3 is 0 Å². The first-order valence-corrected chi connectivity index (χ1v) is 9.66. The smallest absolute Gasteiger partial charge is 0.288 e. The van der Waals surface area contributed by atoms with Crippen LogP contribution in [0.2, 0.25) is 0 Å². The standard InChI is InChI=1S/C19H14BrN7O3/c1-30-13-8-10(4-7-12(13)28)17-14-15(9-2-5-11(20)6-3-9)22-23-18(29)16(14)21-19-24-25-26-27(17)19/h2-8,17,28H,1H3,(H,23,29)(H,21,24,26)/t17-/m1/s1. The highest BCUT2D eigenvalue weighted by molar-refractivity contribution is 9.10. The topological polar surface area (TPSA) is 131 Å². The van der Waals surface area contributed by atoms with Crippen LogP contribution in [0.4, 0.5) is 11.6 Å². The summed E-state index contributed by atoms with van der Waals surface area (Å²) in [6.07, 6.45) is 0. The SMILES string of the molecule is COc1cc([C@@H]2c3c(-c4ccc(Br)cc4)n[nH]c(=O)c3Nc3nnnn32)ccc1O. The molecule has 11 heteroatoms. The van der Waals surface area contributed by atoms with E-state index in [1.165, 1.54) is 13.2 Å². The number of aromatic amines is 1. The van der Waals surface area contributed by atoms with Gasteiger partial charge in [0, 0.05) is 15.6 Å². The number of fused-ring (bicyclic) bond motifs is 2. The van der Waals surface area contributed by atoms with Crippen molar-refractivity contribution < 1.29 is 9.84 Å². The molecule has 0 fully saturated rings. The zero-order chi connectivity index (χ0) is 20.8. The van der Waals surface area contributed by atoms with Gasteiger partial charge in [0.05, 0.1) is 12.8 Å². The molecule has 3 heterocycles. The van der Waals surface area contributed by atoms with Crippen LogP contribution in [-0.2, 0) is 0 Å². The minimum atomic E-state index is -0.575. The lowest BCUT2D eigenvalue weighted by Crippen LogP contribution is -2.29. The van der Waals surface area contributed by atoms with Crippen LogP contribution in [0.5, 0.6) is 11.5 Å². The molecule has 3 N–H and O–H groups in total. The van der Waals surface area contributed by atoms with Crippen LogP contribution in [0.3, 0.4) is 0 Å². The number of nitrogens with one attached hydrogen (secondary N) is 2. The van der Waals surface area contributed by atoms with E-state index in [-0.39, 0.29) is 5.75 Å². The summed E-state index contributed by atoms with van der Waals surface area (Å²) in [6, 6.07) is 12.0. The molecule has 0 radical (unpaired) electrons. The Hall–Kier alpha value is -3.73. The number of halogens is 1. The van der Waals surface area contributed by atoms with Gasteiger partial charge in [-0.2, -0.15) is 9.78 Å². The zero-order valence-electron chi connectivity index (χ0n) is 15.5. The van der Waals surface area contributed by atoms with Crippen LogP contribution < -0.4 is 15.6 Å². The Balaban J connectivity index is 1.81. The molecule has 1 atom stereocenters. The minimum Gasteiger partial charge on any atom is -0.504 e. The first-order valence-electron chi connectivity index (χ1n) is 8.87. The van der Waals surface area contributed by atoms with Crippen molar-refractivity contribution in [2.75, 3.05) is 12.4 Å². The van der Waals surface area contributed by atoms with Gasteiger partial charge in [-0.3, -0.25) is 4.79 Å². The second kappa shape index (κ2) is 6.95. The Morgan fingerprint density at radius 1 is 1.20 bits per heavy atom. The predicted octanol–water partition coefficient (Wildman–Crippen LogP) is 2.59. The van der Waals surface area contributed by atoms with E-state index in [0.29, 0.717) is 34.2 Å². The van der Waals surface area contributed by atoms with Gasteiger partial charge in [0.25, 0.3) is 5.56 Å². The Labute approximate surface area is 177 Å². The van der Waals surface area contributed by atoms with Crippen LogP contribution in [0.15, 0.2) is 51.7 Å². The molecule has 0 spiro atoms. The van der Waals surface area contributed by atoms with E-state index in [2.05, 4.69) is 47.0 Å². The number of hydrogen-bond donors (Lipinski definition) is 3. The monoisotopic (exact) mass is 467 g/mol. The molecule has 0 saturated carbocycles. The van der Waals surface area contributed by atoms with E-state index in [1.54, 1.807) is 16.8 Å². The van der Waals surface area contributed by atoms with Crippen molar-refractivity contribution in [3.63, 3.8) is 0 Å². The molecular formula is C19H14BrN7O3. The van der Waals surface area contributed by atoms with E-state index in [9.17, 15) is 9.90 Å². The highest BCUT2D eigenvalue weighted by Gasteiger charge is 2.34. The van der Waals surface area contributed by atoms with E-state index in [0.717, 1.165) is 10.0 Å². The maximum absolute atomic E-state index is 12.7. The quantitative estimate of drug-likeness (QED) is 0.368. The van der Waals surface area contributed by atoms with Gasteiger partial charge in [0.1, 0.15) is 11.7 Å².